The van der Waals surface area contributed by atoms with Gasteiger partial charge < -0.3 is 14.0 Å². The van der Waals surface area contributed by atoms with Crippen molar-refractivity contribution in [1.29, 1.82) is 0 Å². The Balaban J connectivity index is 1.75. The molecular weight excluding hydrogens is 534 g/mol. The average Bonchev–Trinajstić information content (AvgIpc) is 3.43. The quantitative estimate of drug-likeness (QED) is 0.410. The Morgan fingerprint density at radius 3 is 2.69 bits per heavy atom. The van der Waals surface area contributed by atoms with Gasteiger partial charge in [-0.05, 0) is 50.1 Å². The maximum atomic E-state index is 13.4. The van der Waals surface area contributed by atoms with Crippen molar-refractivity contribution in [1.82, 2.24) is 8.87 Å². The van der Waals surface area contributed by atoms with Crippen molar-refractivity contribution in [2.24, 2.45) is 4.99 Å². The minimum absolute atomic E-state index is 0.0910. The standard InChI is InChI=1S/C22H24ClN3O6S3/c1-3-32-14-7-8-15-17(12-14)33-22(25(15)13-19(27)31-2)24-21(28)16-6-4-5-11-26(16)35(29,30)20-10-9-18(23)34-20/h7-10,12,16H,3-6,11,13H2,1-2H3. The van der Waals surface area contributed by atoms with Crippen LogP contribution in [0.2, 0.25) is 4.34 Å². The number of rotatable bonds is 7. The van der Waals surface area contributed by atoms with Gasteiger partial charge >= 0.3 is 5.97 Å². The maximum Gasteiger partial charge on any atom is 0.325 e. The number of carbonyl (C=O) groups excluding carboxylic acids is 2. The molecule has 1 saturated heterocycles. The van der Waals surface area contributed by atoms with Crippen LogP contribution in [0.1, 0.15) is 26.2 Å². The topological polar surface area (TPSA) is 107 Å². The number of nitrogens with zero attached hydrogens (tertiary/aromatic N) is 3. The van der Waals surface area contributed by atoms with Crippen LogP contribution in [-0.4, -0.2) is 55.5 Å². The number of thiazole rings is 1. The summed E-state index contributed by atoms with van der Waals surface area (Å²) in [5.41, 5.74) is 0.691. The molecule has 9 nitrogen and oxygen atoms in total. The predicted octanol–water partition coefficient (Wildman–Crippen LogP) is 3.66. The lowest BCUT2D eigenvalue weighted by Crippen LogP contribution is -2.47. The van der Waals surface area contributed by atoms with Gasteiger partial charge in [-0.25, -0.2) is 8.42 Å². The fraction of sp³-hybridized carbons (Fsp3) is 0.409. The fourth-order valence-corrected chi connectivity index (χ4v) is 8.23. The van der Waals surface area contributed by atoms with Crippen molar-refractivity contribution >= 4 is 66.4 Å². The number of hydrogen-bond donors (Lipinski definition) is 0. The summed E-state index contributed by atoms with van der Waals surface area (Å²) in [6, 6.07) is 7.42. The number of esters is 1. The van der Waals surface area contributed by atoms with Gasteiger partial charge in [-0.1, -0.05) is 29.4 Å². The molecule has 2 aromatic heterocycles. The second kappa shape index (κ2) is 10.8. The first-order valence-corrected chi connectivity index (χ1v) is 14.4. The highest BCUT2D eigenvalue weighted by Gasteiger charge is 2.38. The van der Waals surface area contributed by atoms with Crippen LogP contribution < -0.4 is 9.54 Å². The van der Waals surface area contributed by atoms with E-state index in [4.69, 9.17) is 21.1 Å². The zero-order valence-electron chi connectivity index (χ0n) is 19.1. The highest BCUT2D eigenvalue weighted by molar-refractivity contribution is 7.91. The van der Waals surface area contributed by atoms with Gasteiger partial charge in [0.15, 0.2) is 4.80 Å². The largest absolute Gasteiger partial charge is 0.494 e. The molecule has 1 amide bonds. The molecule has 1 atom stereocenters. The molecule has 1 fully saturated rings. The van der Waals surface area contributed by atoms with Gasteiger partial charge in [0, 0.05) is 6.54 Å². The zero-order valence-corrected chi connectivity index (χ0v) is 22.3. The van der Waals surface area contributed by atoms with Gasteiger partial charge in [-0.15, -0.1) is 11.3 Å². The number of carbonyl (C=O) groups is 2. The summed E-state index contributed by atoms with van der Waals surface area (Å²) < 4.78 is 40.9. The third-order valence-corrected chi connectivity index (χ3v) is 10.2. The molecule has 1 unspecified atom stereocenters. The van der Waals surface area contributed by atoms with Gasteiger partial charge in [0.1, 0.15) is 22.5 Å². The van der Waals surface area contributed by atoms with E-state index >= 15 is 0 Å². The van der Waals surface area contributed by atoms with Crippen LogP contribution in [0.3, 0.4) is 0 Å². The lowest BCUT2D eigenvalue weighted by molar-refractivity contribution is -0.141. The van der Waals surface area contributed by atoms with Crippen molar-refractivity contribution in [3.63, 3.8) is 0 Å². The van der Waals surface area contributed by atoms with Crippen LogP contribution in [-0.2, 0) is 30.9 Å². The summed E-state index contributed by atoms with van der Waals surface area (Å²) >= 11 is 8.13. The maximum absolute atomic E-state index is 13.4. The SMILES string of the molecule is CCOc1ccc2c(c1)sc(=NC(=O)C1CCCCN1S(=O)(=O)c1ccc(Cl)s1)n2CC(=O)OC. The monoisotopic (exact) mass is 557 g/mol. The molecule has 0 aliphatic carbocycles. The van der Waals surface area contributed by atoms with E-state index in [1.54, 1.807) is 16.7 Å². The molecule has 1 aromatic carbocycles. The molecule has 35 heavy (non-hydrogen) atoms. The van der Waals surface area contributed by atoms with Crippen LogP contribution in [0.25, 0.3) is 10.2 Å². The minimum Gasteiger partial charge on any atom is -0.494 e. The lowest BCUT2D eigenvalue weighted by atomic mass is 10.0. The molecule has 3 aromatic rings. The molecule has 3 heterocycles. The number of ether oxygens (including phenoxy) is 2. The second-order valence-corrected chi connectivity index (χ2v) is 12.6. The molecule has 1 aliphatic rings. The van der Waals surface area contributed by atoms with Crippen molar-refractivity contribution in [3.05, 3.63) is 39.5 Å². The predicted molar refractivity (Wildman–Crippen MR) is 134 cm³/mol. The average molecular weight is 558 g/mol. The van der Waals surface area contributed by atoms with E-state index in [9.17, 15) is 18.0 Å². The van der Waals surface area contributed by atoms with Gasteiger partial charge in [0.25, 0.3) is 15.9 Å². The van der Waals surface area contributed by atoms with Gasteiger partial charge in [-0.2, -0.15) is 9.30 Å². The number of thiophene rings is 1. The summed E-state index contributed by atoms with van der Waals surface area (Å²) in [5, 5.41) is 0. The molecule has 188 valence electrons. The molecule has 0 bridgehead atoms. The van der Waals surface area contributed by atoms with E-state index in [0.717, 1.165) is 16.0 Å². The van der Waals surface area contributed by atoms with Crippen LogP contribution in [0, 0.1) is 0 Å². The summed E-state index contributed by atoms with van der Waals surface area (Å²) in [4.78, 5) is 30.1. The Morgan fingerprint density at radius 2 is 2.00 bits per heavy atom. The van der Waals surface area contributed by atoms with Crippen LogP contribution >= 0.6 is 34.3 Å². The summed E-state index contributed by atoms with van der Waals surface area (Å²) in [6.45, 7) is 2.45. The zero-order chi connectivity index (χ0) is 25.2. The number of hydrogen-bond acceptors (Lipinski definition) is 8. The molecule has 4 rings (SSSR count). The Bertz CT molecular complexity index is 1430. The molecule has 0 spiro atoms. The number of halogens is 1. The number of methoxy groups -OCH3 is 1. The molecule has 1 aliphatic heterocycles. The van der Waals surface area contributed by atoms with E-state index in [1.807, 2.05) is 13.0 Å². The van der Waals surface area contributed by atoms with E-state index < -0.39 is 27.9 Å². The van der Waals surface area contributed by atoms with Gasteiger partial charge in [0.05, 0.1) is 28.3 Å². The Labute approximate surface area is 215 Å². The van der Waals surface area contributed by atoms with E-state index in [0.29, 0.717) is 41.5 Å². The normalized spacial score (nSPS) is 17.6. The van der Waals surface area contributed by atoms with Crippen molar-refractivity contribution < 1.29 is 27.5 Å². The van der Waals surface area contributed by atoms with Crippen LogP contribution in [0.4, 0.5) is 0 Å². The fourth-order valence-electron chi connectivity index (χ4n) is 3.90. The Morgan fingerprint density at radius 1 is 1.20 bits per heavy atom. The van der Waals surface area contributed by atoms with Crippen molar-refractivity contribution in [3.8, 4) is 5.75 Å². The molecule has 0 saturated carbocycles. The summed E-state index contributed by atoms with van der Waals surface area (Å²) in [5.74, 6) is -0.418. The number of piperidine rings is 1. The number of fused-ring (bicyclic) bond motifs is 1. The van der Waals surface area contributed by atoms with Crippen molar-refractivity contribution in [2.75, 3.05) is 20.3 Å². The molecule has 0 radical (unpaired) electrons. The smallest absolute Gasteiger partial charge is 0.325 e. The summed E-state index contributed by atoms with van der Waals surface area (Å²) in [7, 11) is -2.62. The Hall–Kier alpha value is -2.25. The van der Waals surface area contributed by atoms with Gasteiger partial charge in [0.2, 0.25) is 0 Å². The first-order valence-electron chi connectivity index (χ1n) is 10.9. The summed E-state index contributed by atoms with van der Waals surface area (Å²) in [6.07, 6.45) is 1.71. The third kappa shape index (κ3) is 5.46. The highest BCUT2D eigenvalue weighted by atomic mass is 35.5. The molecule has 13 heteroatoms. The number of sulfonamides is 1. The van der Waals surface area contributed by atoms with Gasteiger partial charge in [-0.3, -0.25) is 9.59 Å². The van der Waals surface area contributed by atoms with E-state index in [2.05, 4.69) is 4.99 Å². The lowest BCUT2D eigenvalue weighted by Gasteiger charge is -2.31. The first kappa shape index (κ1) is 25.8. The third-order valence-electron chi connectivity index (χ3n) is 5.54. The Kier molecular flexibility index (Phi) is 7.96. The number of aromatic nitrogens is 1. The second-order valence-electron chi connectivity index (χ2n) is 7.75. The van der Waals surface area contributed by atoms with E-state index in [1.165, 1.54) is 34.9 Å². The van der Waals surface area contributed by atoms with Crippen molar-refractivity contribution in [2.45, 2.75) is 43.0 Å². The van der Waals surface area contributed by atoms with Crippen LogP contribution in [0.5, 0.6) is 5.75 Å². The molecular formula is C22H24ClN3O6S3. The molecule has 0 N–H and O–H groups in total. The number of benzene rings is 1. The number of amides is 1. The first-order chi connectivity index (χ1) is 16.7. The van der Waals surface area contributed by atoms with E-state index in [-0.39, 0.29) is 22.1 Å². The highest BCUT2D eigenvalue weighted by Crippen LogP contribution is 2.32. The van der Waals surface area contributed by atoms with Crippen LogP contribution in [0.15, 0.2) is 39.5 Å². The minimum atomic E-state index is -3.90.